The zero-order valence-corrected chi connectivity index (χ0v) is 22.6. The minimum absolute atomic E-state index is 0. The van der Waals surface area contributed by atoms with Crippen molar-refractivity contribution in [1.29, 1.82) is 10.5 Å². The Hall–Kier alpha value is -3.80. The first-order valence-electron chi connectivity index (χ1n) is 11.4. The lowest BCUT2D eigenvalue weighted by atomic mass is 10.0. The molecule has 12 heteroatoms. The normalized spacial score (nSPS) is 12.3. The molecule has 9 nitrogen and oxygen atoms in total. The number of nitrogens with one attached hydrogen (secondary N) is 1. The molecule has 196 valence electrons. The Balaban J connectivity index is 0.00000400. The smallest absolute Gasteiger partial charge is 0.257 e. The highest BCUT2D eigenvalue weighted by molar-refractivity contribution is 7.16. The average molecular weight is 571 g/mol. The third-order valence-corrected chi connectivity index (χ3v) is 7.26. The van der Waals surface area contributed by atoms with E-state index in [4.69, 9.17) is 33.1 Å². The molecular formula is C26H25Cl2N7O2S. The van der Waals surface area contributed by atoms with Gasteiger partial charge in [0.2, 0.25) is 0 Å². The van der Waals surface area contributed by atoms with Gasteiger partial charge in [0, 0.05) is 24.5 Å². The first kappa shape index (κ1) is 28.8. The molecule has 0 saturated heterocycles. The quantitative estimate of drug-likeness (QED) is 0.210. The van der Waals surface area contributed by atoms with Crippen LogP contribution in [0.5, 0.6) is 5.75 Å². The van der Waals surface area contributed by atoms with Gasteiger partial charge in [0.25, 0.3) is 5.91 Å². The van der Waals surface area contributed by atoms with Gasteiger partial charge in [-0.05, 0) is 47.9 Å². The van der Waals surface area contributed by atoms with Crippen LogP contribution in [0.4, 0.5) is 5.00 Å². The molecule has 0 atom stereocenters. The van der Waals surface area contributed by atoms with E-state index in [1.165, 1.54) is 11.3 Å². The van der Waals surface area contributed by atoms with E-state index in [-0.39, 0.29) is 42.1 Å². The van der Waals surface area contributed by atoms with Gasteiger partial charge in [-0.25, -0.2) is 0 Å². The van der Waals surface area contributed by atoms with Crippen LogP contribution in [0.1, 0.15) is 37.5 Å². The van der Waals surface area contributed by atoms with Gasteiger partial charge in [-0.15, -0.1) is 23.7 Å². The molecule has 1 amide bonds. The molecule has 0 spiro atoms. The molecule has 1 aliphatic heterocycles. The maximum atomic E-state index is 13.1. The van der Waals surface area contributed by atoms with E-state index in [1.54, 1.807) is 18.2 Å². The van der Waals surface area contributed by atoms with E-state index in [2.05, 4.69) is 27.3 Å². The number of hydrogen-bond donors (Lipinski definition) is 3. The number of ether oxygens (including phenoxy) is 1. The fourth-order valence-corrected chi connectivity index (χ4v) is 5.46. The predicted octanol–water partition coefficient (Wildman–Crippen LogP) is 4.03. The number of rotatable bonds is 8. The summed E-state index contributed by atoms with van der Waals surface area (Å²) in [4.78, 5) is 20.3. The highest BCUT2D eigenvalue weighted by Crippen LogP contribution is 2.37. The molecule has 5 N–H and O–H groups in total. The number of thiophene rings is 1. The van der Waals surface area contributed by atoms with E-state index in [1.807, 2.05) is 24.3 Å². The molecule has 0 aliphatic carbocycles. The van der Waals surface area contributed by atoms with Gasteiger partial charge in [0.15, 0.2) is 5.96 Å². The van der Waals surface area contributed by atoms with Crippen LogP contribution in [0.15, 0.2) is 47.5 Å². The Morgan fingerprint density at radius 3 is 2.63 bits per heavy atom. The number of anilines is 1. The van der Waals surface area contributed by atoms with E-state index >= 15 is 0 Å². The molecule has 3 aromatic rings. The fraction of sp³-hybridized carbons (Fsp3) is 0.231. The lowest BCUT2D eigenvalue weighted by Gasteiger charge is -2.26. The molecule has 38 heavy (non-hydrogen) atoms. The Morgan fingerprint density at radius 1 is 1.18 bits per heavy atom. The fourth-order valence-electron chi connectivity index (χ4n) is 4.02. The number of carbonyl (C=O) groups is 1. The highest BCUT2D eigenvalue weighted by atomic mass is 35.5. The first-order chi connectivity index (χ1) is 17.9. The maximum absolute atomic E-state index is 13.1. The van der Waals surface area contributed by atoms with Gasteiger partial charge in [0.05, 0.1) is 34.3 Å². The number of hydrogen-bond acceptors (Lipinski definition) is 7. The van der Waals surface area contributed by atoms with Crippen LogP contribution in [0, 0.1) is 22.7 Å². The molecule has 2 heterocycles. The number of nitrogens with two attached hydrogens (primary N) is 2. The summed E-state index contributed by atoms with van der Waals surface area (Å²) in [5.74, 6) is -0.00179. The number of fused-ring (bicyclic) bond motifs is 1. The van der Waals surface area contributed by atoms with Gasteiger partial charge in [-0.2, -0.15) is 10.5 Å². The zero-order valence-electron chi connectivity index (χ0n) is 20.2. The Bertz CT molecular complexity index is 1420. The van der Waals surface area contributed by atoms with Crippen LogP contribution in [0.3, 0.4) is 0 Å². The van der Waals surface area contributed by atoms with Crippen molar-refractivity contribution >= 4 is 52.2 Å². The number of amides is 1. The summed E-state index contributed by atoms with van der Waals surface area (Å²) in [7, 11) is 0. The second kappa shape index (κ2) is 13.1. The van der Waals surface area contributed by atoms with Crippen LogP contribution in [-0.2, 0) is 19.5 Å². The number of carbonyl (C=O) groups excluding carboxylic acids is 1. The molecule has 0 radical (unpaired) electrons. The largest absolute Gasteiger partial charge is 0.492 e. The van der Waals surface area contributed by atoms with Crippen molar-refractivity contribution in [3.05, 3.63) is 80.2 Å². The van der Waals surface area contributed by atoms with Crippen molar-refractivity contribution in [2.75, 3.05) is 25.0 Å². The van der Waals surface area contributed by atoms with Crippen molar-refractivity contribution in [2.45, 2.75) is 19.5 Å². The van der Waals surface area contributed by atoms with Gasteiger partial charge >= 0.3 is 0 Å². The number of nitriles is 2. The monoisotopic (exact) mass is 569 g/mol. The van der Waals surface area contributed by atoms with Crippen molar-refractivity contribution in [2.24, 2.45) is 16.5 Å². The second-order valence-corrected chi connectivity index (χ2v) is 9.85. The van der Waals surface area contributed by atoms with Crippen LogP contribution in [0.2, 0.25) is 5.02 Å². The summed E-state index contributed by atoms with van der Waals surface area (Å²) in [6.07, 6.45) is 0.709. The average Bonchev–Trinajstić information content (AvgIpc) is 3.23. The summed E-state index contributed by atoms with van der Waals surface area (Å²) in [5.41, 5.74) is 14.1. The third kappa shape index (κ3) is 6.94. The van der Waals surface area contributed by atoms with E-state index in [0.717, 1.165) is 29.1 Å². The van der Waals surface area contributed by atoms with Crippen molar-refractivity contribution < 1.29 is 9.53 Å². The second-order valence-electron chi connectivity index (χ2n) is 8.34. The maximum Gasteiger partial charge on any atom is 0.257 e. The Labute approximate surface area is 235 Å². The summed E-state index contributed by atoms with van der Waals surface area (Å²) < 4.78 is 5.61. The molecular weight excluding hydrogens is 545 g/mol. The van der Waals surface area contributed by atoms with E-state index in [9.17, 15) is 10.1 Å². The minimum atomic E-state index is -0.427. The number of guanidine groups is 1. The van der Waals surface area contributed by atoms with Crippen LogP contribution in [-0.4, -0.2) is 36.5 Å². The number of benzene rings is 2. The predicted molar refractivity (Wildman–Crippen MR) is 151 cm³/mol. The third-order valence-electron chi connectivity index (χ3n) is 5.80. The highest BCUT2D eigenvalue weighted by Gasteiger charge is 2.26. The van der Waals surface area contributed by atoms with Gasteiger partial charge < -0.3 is 21.5 Å². The summed E-state index contributed by atoms with van der Waals surface area (Å²) in [6, 6.07) is 16.7. The van der Waals surface area contributed by atoms with Crippen LogP contribution in [0.25, 0.3) is 0 Å². The van der Waals surface area contributed by atoms with Gasteiger partial charge in [-0.3, -0.25) is 14.7 Å². The lowest BCUT2D eigenvalue weighted by molar-refractivity contribution is 0.102. The standard InChI is InChI=1S/C26H24ClN7O2S.ClH/c27-22-6-5-18(36-10-8-32-26(30)31)11-20(22)24(35)33-25-21(13-29)19-7-9-34(15-23(19)37-25)14-17-3-1-16(12-28)2-4-17;/h1-6,11H,7-10,14-15H2,(H,33,35)(H4,30,31,32);1H. The minimum Gasteiger partial charge on any atom is -0.492 e. The lowest BCUT2D eigenvalue weighted by Crippen LogP contribution is -2.29. The summed E-state index contributed by atoms with van der Waals surface area (Å²) in [6.45, 7) is 2.70. The Kier molecular flexibility index (Phi) is 9.94. The van der Waals surface area contributed by atoms with Gasteiger partial charge in [0.1, 0.15) is 23.4 Å². The molecule has 1 aromatic heterocycles. The number of nitrogens with zero attached hydrogens (tertiary/aromatic N) is 4. The number of halogens is 2. The molecule has 0 saturated carbocycles. The molecule has 0 bridgehead atoms. The zero-order chi connectivity index (χ0) is 26.4. The van der Waals surface area contributed by atoms with Crippen LogP contribution >= 0.6 is 35.3 Å². The van der Waals surface area contributed by atoms with Crippen LogP contribution < -0.4 is 21.5 Å². The Morgan fingerprint density at radius 2 is 1.95 bits per heavy atom. The molecule has 4 rings (SSSR count). The van der Waals surface area contributed by atoms with Crippen molar-refractivity contribution in [3.8, 4) is 17.9 Å². The molecule has 1 aliphatic rings. The SMILES string of the molecule is Cl.N#Cc1ccc(CN2CCc3c(sc(NC(=O)c4cc(OCCN=C(N)N)ccc4Cl)c3C#N)C2)cc1. The molecule has 2 aromatic carbocycles. The van der Waals surface area contributed by atoms with Gasteiger partial charge in [-0.1, -0.05) is 23.7 Å². The summed E-state index contributed by atoms with van der Waals surface area (Å²) in [5, 5.41) is 22.5. The van der Waals surface area contributed by atoms with Crippen molar-refractivity contribution in [3.63, 3.8) is 0 Å². The van der Waals surface area contributed by atoms with E-state index < -0.39 is 5.91 Å². The van der Waals surface area contributed by atoms with Crippen molar-refractivity contribution in [1.82, 2.24) is 4.90 Å². The first-order valence-corrected chi connectivity index (χ1v) is 12.6. The molecule has 0 fully saturated rings. The summed E-state index contributed by atoms with van der Waals surface area (Å²) >= 11 is 7.70. The topological polar surface area (TPSA) is 154 Å². The number of aliphatic imine (C=N–C) groups is 1. The molecule has 0 unspecified atom stereocenters. The van der Waals surface area contributed by atoms with E-state index in [0.29, 0.717) is 34.8 Å².